The van der Waals surface area contributed by atoms with Crippen LogP contribution in [0.25, 0.3) is 28.1 Å². The molecule has 1 aliphatic rings. The van der Waals surface area contributed by atoms with Crippen LogP contribution in [0.5, 0.6) is 0 Å². The van der Waals surface area contributed by atoms with E-state index in [4.69, 9.17) is 32.9 Å². The molecule has 1 aliphatic heterocycles. The molecule has 6 rings (SSSR count). The number of benzene rings is 4. The number of ether oxygens (including phenoxy) is 1. The minimum Gasteiger partial charge on any atom is -0.568 e. The van der Waals surface area contributed by atoms with Crippen molar-refractivity contribution >= 4 is 58.1 Å². The molecule has 1 unspecified atom stereocenters. The van der Waals surface area contributed by atoms with Crippen LogP contribution in [0.4, 0.5) is 16.2 Å². The van der Waals surface area contributed by atoms with Gasteiger partial charge in [-0.3, -0.25) is 10.1 Å². The van der Waals surface area contributed by atoms with Crippen LogP contribution in [-0.4, -0.2) is 38.8 Å². The molecular formula is C38H37Cl2N5O4S. The lowest BCUT2D eigenvalue weighted by Gasteiger charge is -2.16. The zero-order valence-electron chi connectivity index (χ0n) is 28.1. The molecule has 0 spiro atoms. The van der Waals surface area contributed by atoms with Crippen molar-refractivity contribution in [3.8, 4) is 28.1 Å². The first-order valence-electron chi connectivity index (χ1n) is 16.3. The average Bonchev–Trinajstić information content (AvgIpc) is 3.63. The van der Waals surface area contributed by atoms with E-state index in [0.29, 0.717) is 33.8 Å². The maximum atomic E-state index is 12.5. The Morgan fingerprint density at radius 3 is 2.30 bits per heavy atom. The summed E-state index contributed by atoms with van der Waals surface area (Å²) in [4.78, 5) is 29.3. The Labute approximate surface area is 305 Å². The number of carbonyl (C=O) groups excluding carboxylic acids is 2. The summed E-state index contributed by atoms with van der Waals surface area (Å²) < 4.78 is 23.6. The third kappa shape index (κ3) is 8.27. The van der Waals surface area contributed by atoms with E-state index in [1.54, 1.807) is 12.1 Å². The summed E-state index contributed by atoms with van der Waals surface area (Å²) in [5.74, 6) is 0.912. The topological polar surface area (TPSA) is 112 Å². The molecule has 0 bridgehead atoms. The summed E-state index contributed by atoms with van der Waals surface area (Å²) in [5.41, 5.74) is 7.76. The number of carbonyl (C=O) groups is 2. The van der Waals surface area contributed by atoms with E-state index in [1.165, 1.54) is 4.31 Å². The lowest BCUT2D eigenvalue weighted by molar-refractivity contribution is -0.117. The van der Waals surface area contributed by atoms with E-state index in [1.807, 2.05) is 61.0 Å². The number of hydrogen-bond acceptors (Lipinski definition) is 6. The number of amides is 2. The van der Waals surface area contributed by atoms with E-state index in [0.717, 1.165) is 51.4 Å². The maximum Gasteiger partial charge on any atom is 0.411 e. The number of nitrogens with one attached hydrogen (secondary N) is 2. The van der Waals surface area contributed by atoms with Crippen molar-refractivity contribution in [1.29, 1.82) is 0 Å². The van der Waals surface area contributed by atoms with Gasteiger partial charge in [0.25, 0.3) is 5.91 Å². The third-order valence-corrected chi connectivity index (χ3v) is 9.75. The highest BCUT2D eigenvalue weighted by Crippen LogP contribution is 2.33. The van der Waals surface area contributed by atoms with Gasteiger partial charge in [-0.15, -0.1) is 4.72 Å². The minimum absolute atomic E-state index is 0.0298. The van der Waals surface area contributed by atoms with Crippen molar-refractivity contribution in [2.45, 2.75) is 46.6 Å². The largest absolute Gasteiger partial charge is 0.568 e. The fraction of sp³-hybridized carbons (Fsp3) is 0.237. The second-order valence-corrected chi connectivity index (χ2v) is 14.8. The molecule has 1 aromatic heterocycles. The lowest BCUT2D eigenvalue weighted by atomic mass is 9.96. The number of rotatable bonds is 10. The summed E-state index contributed by atoms with van der Waals surface area (Å²) in [6.45, 7) is 7.97. The van der Waals surface area contributed by atoms with Crippen LogP contribution in [0.15, 0.2) is 91.1 Å². The molecule has 1 fully saturated rings. The van der Waals surface area contributed by atoms with E-state index in [9.17, 15) is 14.1 Å². The van der Waals surface area contributed by atoms with Crippen LogP contribution in [0.1, 0.15) is 44.6 Å². The zero-order chi connectivity index (χ0) is 35.5. The van der Waals surface area contributed by atoms with Crippen molar-refractivity contribution in [3.63, 3.8) is 0 Å². The number of anilines is 2. The fourth-order valence-corrected chi connectivity index (χ4v) is 7.20. The van der Waals surface area contributed by atoms with Crippen LogP contribution < -0.4 is 14.3 Å². The van der Waals surface area contributed by atoms with Crippen molar-refractivity contribution in [3.05, 3.63) is 118 Å². The van der Waals surface area contributed by atoms with Crippen molar-refractivity contribution in [1.82, 2.24) is 14.3 Å². The molecule has 5 aromatic rings. The van der Waals surface area contributed by atoms with E-state index >= 15 is 0 Å². The Hall–Kier alpha value is -4.48. The fourth-order valence-electron chi connectivity index (χ4n) is 5.78. The SMILES string of the molecule is CC(C)Cc1ccc(-c2ccc(Cc3nc(-c4ccc(Cl)cc4Cl)cn3-c3ccc(N4CC(=O)N[S+]4[O-])cc3)cc2)cc1NC(=O)OC(C)C. The van der Waals surface area contributed by atoms with Crippen molar-refractivity contribution < 1.29 is 18.9 Å². The van der Waals surface area contributed by atoms with Gasteiger partial charge in [0, 0.05) is 34.6 Å². The molecule has 1 saturated heterocycles. The molecule has 0 aliphatic carbocycles. The summed E-state index contributed by atoms with van der Waals surface area (Å²) in [5, 5.41) is 3.97. The normalized spacial score (nSPS) is 14.4. The number of halogens is 2. The van der Waals surface area contributed by atoms with Crippen LogP contribution in [0, 0.1) is 5.92 Å². The molecule has 4 aromatic carbocycles. The van der Waals surface area contributed by atoms with E-state index in [-0.39, 0.29) is 18.6 Å². The Balaban J connectivity index is 1.29. The van der Waals surface area contributed by atoms with Gasteiger partial charge in [-0.2, -0.15) is 4.31 Å². The van der Waals surface area contributed by atoms with Gasteiger partial charge in [0.15, 0.2) is 18.1 Å². The number of imidazole rings is 1. The second kappa shape index (κ2) is 15.2. The maximum absolute atomic E-state index is 12.5. The van der Waals surface area contributed by atoms with E-state index in [2.05, 4.69) is 60.3 Å². The molecule has 0 radical (unpaired) electrons. The third-order valence-electron chi connectivity index (χ3n) is 8.06. The first-order chi connectivity index (χ1) is 23.9. The van der Waals surface area contributed by atoms with Gasteiger partial charge in [-0.25, -0.2) is 9.78 Å². The van der Waals surface area contributed by atoms with Gasteiger partial charge in [0.2, 0.25) is 0 Å². The second-order valence-electron chi connectivity index (χ2n) is 12.8. The molecule has 2 N–H and O–H groups in total. The summed E-state index contributed by atoms with van der Waals surface area (Å²) in [7, 11) is 0. The first-order valence-corrected chi connectivity index (χ1v) is 18.1. The van der Waals surface area contributed by atoms with Crippen LogP contribution in [0.2, 0.25) is 10.0 Å². The molecule has 258 valence electrons. The standard InChI is InChI=1S/C38H37Cl2N5O4S/c1-23(2)17-28-10-9-27(19-34(28)42-38(47)49-24(3)4)26-7-5-25(6-8-26)18-36-41-35(32-16-11-29(39)20-33(32)40)21-44(36)30-12-14-31(15-13-30)45-22-37(46)43-50(45)48/h5-16,19-21,23-24H,17-18,22H2,1-4H3,(H,42,47)(H,43,46). The Kier molecular flexibility index (Phi) is 10.7. The van der Waals surface area contributed by atoms with E-state index < -0.39 is 17.6 Å². The number of hydrogen-bond donors (Lipinski definition) is 2. The predicted octanol–water partition coefficient (Wildman–Crippen LogP) is 8.77. The Morgan fingerprint density at radius 1 is 0.960 bits per heavy atom. The van der Waals surface area contributed by atoms with Crippen molar-refractivity contribution in [2.75, 3.05) is 16.2 Å². The lowest BCUT2D eigenvalue weighted by Crippen LogP contribution is -2.29. The Bertz CT molecular complexity index is 2020. The summed E-state index contributed by atoms with van der Waals surface area (Å²) >= 11 is 11.2. The first kappa shape index (κ1) is 35.3. The van der Waals surface area contributed by atoms with Crippen LogP contribution >= 0.6 is 23.2 Å². The molecule has 12 heteroatoms. The van der Waals surface area contributed by atoms with Crippen LogP contribution in [-0.2, 0) is 33.9 Å². The minimum atomic E-state index is -1.61. The van der Waals surface area contributed by atoms with Crippen LogP contribution in [0.3, 0.4) is 0 Å². The molecule has 50 heavy (non-hydrogen) atoms. The summed E-state index contributed by atoms with van der Waals surface area (Å²) in [6.07, 6.45) is 2.58. The predicted molar refractivity (Wildman–Crippen MR) is 201 cm³/mol. The van der Waals surface area contributed by atoms with Gasteiger partial charge in [0.05, 0.1) is 22.5 Å². The molecule has 9 nitrogen and oxygen atoms in total. The van der Waals surface area contributed by atoms with Crippen molar-refractivity contribution in [2.24, 2.45) is 5.92 Å². The van der Waals surface area contributed by atoms with Gasteiger partial charge < -0.3 is 13.9 Å². The monoisotopic (exact) mass is 729 g/mol. The summed E-state index contributed by atoms with van der Waals surface area (Å²) in [6, 6.07) is 27.2. The molecule has 2 amide bonds. The number of nitrogens with zero attached hydrogens (tertiary/aromatic N) is 3. The Morgan fingerprint density at radius 2 is 1.66 bits per heavy atom. The highest BCUT2D eigenvalue weighted by molar-refractivity contribution is 7.92. The molecule has 2 heterocycles. The highest BCUT2D eigenvalue weighted by atomic mass is 35.5. The molecule has 0 saturated carbocycles. The van der Waals surface area contributed by atoms with Gasteiger partial charge in [-0.1, -0.05) is 73.4 Å². The highest BCUT2D eigenvalue weighted by Gasteiger charge is 2.33. The van der Waals surface area contributed by atoms with Gasteiger partial charge in [-0.05, 0) is 97.0 Å². The average molecular weight is 731 g/mol. The molecular weight excluding hydrogens is 693 g/mol. The zero-order valence-corrected chi connectivity index (χ0v) is 30.4. The molecule has 1 atom stereocenters. The smallest absolute Gasteiger partial charge is 0.411 e. The number of aromatic nitrogens is 2. The van der Waals surface area contributed by atoms with Gasteiger partial charge in [0.1, 0.15) is 5.82 Å². The quantitative estimate of drug-likeness (QED) is 0.139. The van der Waals surface area contributed by atoms with Gasteiger partial charge >= 0.3 is 6.09 Å².